The normalized spacial score (nSPS) is 13.7. The van der Waals surface area contributed by atoms with Crippen molar-refractivity contribution in [3.8, 4) is 6.07 Å². The highest BCUT2D eigenvalue weighted by molar-refractivity contribution is 7.14. The van der Waals surface area contributed by atoms with Crippen molar-refractivity contribution in [1.82, 2.24) is 0 Å². The third-order valence-corrected chi connectivity index (χ3v) is 4.78. The number of benzene rings is 2. The Labute approximate surface area is 136 Å². The lowest BCUT2D eigenvalue weighted by molar-refractivity contribution is -0.114. The van der Waals surface area contributed by atoms with Gasteiger partial charge in [-0.05, 0) is 17.5 Å². The van der Waals surface area contributed by atoms with Crippen LogP contribution in [0.1, 0.15) is 15.3 Å². The fourth-order valence-electron chi connectivity index (χ4n) is 2.75. The fraction of sp³-hybridized carbons (Fsp3) is 0.0556. The maximum Gasteiger partial charge on any atom is 0.246 e. The molecule has 1 aromatic heterocycles. The van der Waals surface area contributed by atoms with Gasteiger partial charge in [0.1, 0.15) is 17.5 Å². The molecular formula is C18H11N3OS. The summed E-state index contributed by atoms with van der Waals surface area (Å²) in [6.45, 7) is 0.0815. The lowest BCUT2D eigenvalue weighted by Crippen LogP contribution is -2.13. The van der Waals surface area contributed by atoms with Gasteiger partial charge >= 0.3 is 0 Å². The van der Waals surface area contributed by atoms with Gasteiger partial charge in [-0.3, -0.25) is 9.79 Å². The molecule has 5 heteroatoms. The fourth-order valence-corrected chi connectivity index (χ4v) is 3.58. The van der Waals surface area contributed by atoms with E-state index in [9.17, 15) is 4.79 Å². The molecule has 1 N–H and O–H groups in total. The third kappa shape index (κ3) is 2.30. The molecule has 3 aromatic rings. The second-order valence-electron chi connectivity index (χ2n) is 5.20. The van der Waals surface area contributed by atoms with Crippen LogP contribution < -0.4 is 5.32 Å². The predicted molar refractivity (Wildman–Crippen MR) is 92.1 cm³/mol. The number of thiophene rings is 1. The van der Waals surface area contributed by atoms with Crippen molar-refractivity contribution in [1.29, 1.82) is 5.26 Å². The molecule has 1 amide bonds. The zero-order valence-corrected chi connectivity index (χ0v) is 12.9. The SMILES string of the molecule is N#Cc1ccc(C2=NCC(=O)Nc3c2ccc2ccccc32)s1. The van der Waals surface area contributed by atoms with Crippen molar-refractivity contribution in [3.63, 3.8) is 0 Å². The number of rotatable bonds is 1. The molecule has 0 atom stereocenters. The minimum atomic E-state index is -0.130. The van der Waals surface area contributed by atoms with Crippen molar-refractivity contribution < 1.29 is 4.79 Å². The van der Waals surface area contributed by atoms with Crippen LogP contribution in [-0.4, -0.2) is 18.2 Å². The quantitative estimate of drug-likeness (QED) is 0.745. The zero-order chi connectivity index (χ0) is 15.8. The van der Waals surface area contributed by atoms with Gasteiger partial charge in [0, 0.05) is 10.9 Å². The number of nitrogens with zero attached hydrogens (tertiary/aromatic N) is 2. The lowest BCUT2D eigenvalue weighted by atomic mass is 10.00. The number of amides is 1. The number of aliphatic imine (C=N–C) groups is 1. The van der Waals surface area contributed by atoms with Crippen LogP contribution in [0.4, 0.5) is 5.69 Å². The maximum absolute atomic E-state index is 12.1. The van der Waals surface area contributed by atoms with Crippen LogP contribution in [0.3, 0.4) is 0 Å². The van der Waals surface area contributed by atoms with Crippen molar-refractivity contribution >= 4 is 39.4 Å². The van der Waals surface area contributed by atoms with Crippen LogP contribution in [0.15, 0.2) is 53.5 Å². The molecule has 0 unspecified atom stereocenters. The molecule has 0 saturated heterocycles. The Morgan fingerprint density at radius 3 is 2.83 bits per heavy atom. The van der Waals surface area contributed by atoms with E-state index in [-0.39, 0.29) is 12.5 Å². The first kappa shape index (κ1) is 13.7. The summed E-state index contributed by atoms with van der Waals surface area (Å²) in [5.74, 6) is -0.130. The second-order valence-corrected chi connectivity index (χ2v) is 6.28. The molecule has 0 bridgehead atoms. The highest BCUT2D eigenvalue weighted by Crippen LogP contribution is 2.32. The number of carbonyl (C=O) groups is 1. The maximum atomic E-state index is 12.1. The van der Waals surface area contributed by atoms with E-state index in [0.29, 0.717) is 4.88 Å². The Kier molecular flexibility index (Phi) is 3.18. The summed E-state index contributed by atoms with van der Waals surface area (Å²) < 4.78 is 0. The molecule has 110 valence electrons. The molecule has 1 aliphatic rings. The van der Waals surface area contributed by atoms with Gasteiger partial charge in [0.05, 0.1) is 16.3 Å². The molecule has 2 aromatic carbocycles. The summed E-state index contributed by atoms with van der Waals surface area (Å²) in [6.07, 6.45) is 0. The van der Waals surface area contributed by atoms with E-state index in [0.717, 1.165) is 32.6 Å². The molecular weight excluding hydrogens is 306 g/mol. The highest BCUT2D eigenvalue weighted by Gasteiger charge is 2.21. The highest BCUT2D eigenvalue weighted by atomic mass is 32.1. The van der Waals surface area contributed by atoms with Gasteiger partial charge in [-0.15, -0.1) is 11.3 Å². The Morgan fingerprint density at radius 1 is 1.13 bits per heavy atom. The van der Waals surface area contributed by atoms with E-state index >= 15 is 0 Å². The summed E-state index contributed by atoms with van der Waals surface area (Å²) >= 11 is 1.39. The van der Waals surface area contributed by atoms with Gasteiger partial charge in [-0.2, -0.15) is 5.26 Å². The topological polar surface area (TPSA) is 65.2 Å². The Balaban J connectivity index is 1.98. The van der Waals surface area contributed by atoms with Crippen molar-refractivity contribution in [2.24, 2.45) is 4.99 Å². The van der Waals surface area contributed by atoms with Gasteiger partial charge < -0.3 is 5.32 Å². The summed E-state index contributed by atoms with van der Waals surface area (Å²) in [5.41, 5.74) is 2.44. The number of hydrogen-bond donors (Lipinski definition) is 1. The zero-order valence-electron chi connectivity index (χ0n) is 12.0. The number of fused-ring (bicyclic) bond motifs is 3. The van der Waals surface area contributed by atoms with Crippen molar-refractivity contribution in [2.75, 3.05) is 11.9 Å². The van der Waals surface area contributed by atoms with Crippen LogP contribution in [-0.2, 0) is 4.79 Å². The molecule has 23 heavy (non-hydrogen) atoms. The van der Waals surface area contributed by atoms with E-state index in [1.165, 1.54) is 11.3 Å². The minimum absolute atomic E-state index is 0.0815. The first-order valence-electron chi connectivity index (χ1n) is 7.13. The molecule has 4 rings (SSSR count). The molecule has 0 radical (unpaired) electrons. The summed E-state index contributed by atoms with van der Waals surface area (Å²) in [5, 5.41) is 14.1. The van der Waals surface area contributed by atoms with E-state index in [1.807, 2.05) is 42.5 Å². The molecule has 1 aliphatic heterocycles. The third-order valence-electron chi connectivity index (χ3n) is 3.78. The smallest absolute Gasteiger partial charge is 0.246 e. The average Bonchev–Trinajstić information content (AvgIpc) is 2.98. The minimum Gasteiger partial charge on any atom is -0.323 e. The molecule has 4 nitrogen and oxygen atoms in total. The van der Waals surface area contributed by atoms with E-state index in [4.69, 9.17) is 5.26 Å². The van der Waals surface area contributed by atoms with Crippen molar-refractivity contribution in [3.05, 3.63) is 63.8 Å². The predicted octanol–water partition coefficient (Wildman–Crippen LogP) is 3.56. The molecule has 0 spiro atoms. The standard InChI is InChI=1S/C18H11N3OS/c19-9-12-6-8-15(23-12)18-14-7-5-11-3-1-2-4-13(11)17(14)21-16(22)10-20-18/h1-8H,10H2,(H,21,22). The van der Waals surface area contributed by atoms with Crippen molar-refractivity contribution in [2.45, 2.75) is 0 Å². The van der Waals surface area contributed by atoms with E-state index in [2.05, 4.69) is 16.4 Å². The van der Waals surface area contributed by atoms with Crippen LogP contribution in [0.2, 0.25) is 0 Å². The van der Waals surface area contributed by atoms with Crippen LogP contribution in [0, 0.1) is 11.3 Å². The van der Waals surface area contributed by atoms with Gasteiger partial charge in [-0.25, -0.2) is 0 Å². The first-order valence-corrected chi connectivity index (χ1v) is 7.94. The largest absolute Gasteiger partial charge is 0.323 e. The second kappa shape index (κ2) is 5.34. The molecule has 0 saturated carbocycles. The average molecular weight is 317 g/mol. The number of nitrogens with one attached hydrogen (secondary N) is 1. The number of nitriles is 1. The van der Waals surface area contributed by atoms with Gasteiger partial charge in [-0.1, -0.05) is 36.4 Å². The van der Waals surface area contributed by atoms with E-state index < -0.39 is 0 Å². The Morgan fingerprint density at radius 2 is 2.00 bits per heavy atom. The molecule has 0 fully saturated rings. The van der Waals surface area contributed by atoms with Crippen LogP contribution in [0.5, 0.6) is 0 Å². The number of carbonyl (C=O) groups excluding carboxylic acids is 1. The molecule has 0 aliphatic carbocycles. The first-order chi connectivity index (χ1) is 11.3. The summed E-state index contributed by atoms with van der Waals surface area (Å²) in [7, 11) is 0. The number of hydrogen-bond acceptors (Lipinski definition) is 4. The number of anilines is 1. The van der Waals surface area contributed by atoms with E-state index in [1.54, 1.807) is 6.07 Å². The van der Waals surface area contributed by atoms with Gasteiger partial charge in [0.25, 0.3) is 0 Å². The van der Waals surface area contributed by atoms with Gasteiger partial charge in [0.15, 0.2) is 0 Å². The van der Waals surface area contributed by atoms with Crippen LogP contribution in [0.25, 0.3) is 10.8 Å². The monoisotopic (exact) mass is 317 g/mol. The van der Waals surface area contributed by atoms with Crippen LogP contribution >= 0.6 is 11.3 Å². The molecule has 2 heterocycles. The van der Waals surface area contributed by atoms with Gasteiger partial charge in [0.2, 0.25) is 5.91 Å². The Hall–Kier alpha value is -2.97. The summed E-state index contributed by atoms with van der Waals surface area (Å²) in [6, 6.07) is 17.8. The lowest BCUT2D eigenvalue weighted by Gasteiger charge is -2.12. The summed E-state index contributed by atoms with van der Waals surface area (Å²) in [4.78, 5) is 18.1. The Bertz CT molecular complexity index is 1010.